The van der Waals surface area contributed by atoms with Gasteiger partial charge in [0.1, 0.15) is 23.9 Å². The van der Waals surface area contributed by atoms with Crippen molar-refractivity contribution in [1.29, 1.82) is 0 Å². The van der Waals surface area contributed by atoms with Gasteiger partial charge in [-0.1, -0.05) is 23.7 Å². The first-order valence-electron chi connectivity index (χ1n) is 10.2. The summed E-state index contributed by atoms with van der Waals surface area (Å²) in [6, 6.07) is 14.5. The molecule has 0 spiro atoms. The molecule has 0 bridgehead atoms. The van der Waals surface area contributed by atoms with E-state index in [4.69, 9.17) is 21.1 Å². The van der Waals surface area contributed by atoms with Crippen molar-refractivity contribution in [3.05, 3.63) is 87.7 Å². The maximum atomic E-state index is 13.6. The number of aryl methyl sites for hydroxylation is 2. The van der Waals surface area contributed by atoms with Crippen molar-refractivity contribution < 1.29 is 23.5 Å². The van der Waals surface area contributed by atoms with Crippen LogP contribution in [0.5, 0.6) is 11.5 Å². The van der Waals surface area contributed by atoms with Gasteiger partial charge in [0.25, 0.3) is 0 Å². The highest BCUT2D eigenvalue weighted by Gasteiger charge is 2.14. The van der Waals surface area contributed by atoms with Crippen LogP contribution in [0.2, 0.25) is 5.02 Å². The molecule has 3 aromatic carbocycles. The predicted octanol–water partition coefficient (Wildman–Crippen LogP) is 4.77. The van der Waals surface area contributed by atoms with Crippen molar-refractivity contribution in [1.82, 2.24) is 5.43 Å². The van der Waals surface area contributed by atoms with Gasteiger partial charge in [0, 0.05) is 10.6 Å². The number of benzene rings is 3. The molecule has 34 heavy (non-hydrogen) atoms. The third-order valence-corrected chi connectivity index (χ3v) is 5.41. The Morgan fingerprint density at radius 2 is 1.76 bits per heavy atom. The number of ether oxygens (including phenoxy) is 2. The molecule has 176 valence electrons. The molecule has 3 aromatic rings. The molecular weight excluding hydrogens is 461 g/mol. The number of carbonyl (C=O) groups excluding carboxylic acids is 2. The van der Waals surface area contributed by atoms with Gasteiger partial charge in [-0.05, 0) is 73.0 Å². The maximum Gasteiger partial charge on any atom is 0.329 e. The monoisotopic (exact) mass is 483 g/mol. The fourth-order valence-electron chi connectivity index (χ4n) is 3.10. The van der Waals surface area contributed by atoms with Crippen LogP contribution >= 0.6 is 11.6 Å². The summed E-state index contributed by atoms with van der Waals surface area (Å²) in [6.07, 6.45) is 1.37. The van der Waals surface area contributed by atoms with Gasteiger partial charge in [-0.2, -0.15) is 5.10 Å². The number of amides is 2. The molecule has 0 aliphatic carbocycles. The van der Waals surface area contributed by atoms with E-state index in [1.165, 1.54) is 30.5 Å². The molecule has 0 saturated heterocycles. The molecule has 9 heteroatoms. The average Bonchev–Trinajstić information content (AvgIpc) is 2.82. The lowest BCUT2D eigenvalue weighted by Gasteiger charge is -2.13. The quantitative estimate of drug-likeness (QED) is 0.288. The maximum absolute atomic E-state index is 13.6. The van der Waals surface area contributed by atoms with E-state index in [9.17, 15) is 14.0 Å². The number of hydrogen-bond donors (Lipinski definition) is 2. The predicted molar refractivity (Wildman–Crippen MR) is 129 cm³/mol. The Hall–Kier alpha value is -3.91. The van der Waals surface area contributed by atoms with E-state index in [-0.39, 0.29) is 12.3 Å². The Kier molecular flexibility index (Phi) is 8.21. The number of nitrogens with zero attached hydrogens (tertiary/aromatic N) is 1. The van der Waals surface area contributed by atoms with Crippen LogP contribution < -0.4 is 20.2 Å². The summed E-state index contributed by atoms with van der Waals surface area (Å²) in [5.74, 6) is -1.43. The number of anilines is 1. The SMILES string of the molecule is COc1ccc(/C=N/NC(=O)C(=O)Nc2ccccc2F)cc1COc1cc(C)c(Cl)c(C)c1. The molecule has 0 fully saturated rings. The molecule has 0 aromatic heterocycles. The van der Waals surface area contributed by atoms with E-state index in [1.807, 2.05) is 26.0 Å². The van der Waals surface area contributed by atoms with Crippen LogP contribution in [0.25, 0.3) is 0 Å². The zero-order valence-electron chi connectivity index (χ0n) is 18.8. The minimum absolute atomic E-state index is 0.0995. The van der Waals surface area contributed by atoms with Crippen LogP contribution in [0.1, 0.15) is 22.3 Å². The molecule has 0 saturated carbocycles. The molecule has 0 atom stereocenters. The molecule has 3 rings (SSSR count). The number of rotatable bonds is 7. The van der Waals surface area contributed by atoms with E-state index < -0.39 is 17.6 Å². The lowest BCUT2D eigenvalue weighted by molar-refractivity contribution is -0.136. The minimum atomic E-state index is -1.04. The highest BCUT2D eigenvalue weighted by atomic mass is 35.5. The van der Waals surface area contributed by atoms with Crippen molar-refractivity contribution in [2.24, 2.45) is 5.10 Å². The second kappa shape index (κ2) is 11.3. The summed E-state index contributed by atoms with van der Waals surface area (Å²) in [7, 11) is 1.55. The molecule has 0 unspecified atom stereocenters. The molecule has 7 nitrogen and oxygen atoms in total. The number of hydrazone groups is 1. The van der Waals surface area contributed by atoms with Gasteiger partial charge in [-0.3, -0.25) is 9.59 Å². The van der Waals surface area contributed by atoms with Gasteiger partial charge in [0.2, 0.25) is 0 Å². The zero-order valence-corrected chi connectivity index (χ0v) is 19.6. The summed E-state index contributed by atoms with van der Waals surface area (Å²) in [5.41, 5.74) is 5.23. The van der Waals surface area contributed by atoms with Gasteiger partial charge in [0.15, 0.2) is 0 Å². The van der Waals surface area contributed by atoms with Crippen LogP contribution in [0.3, 0.4) is 0 Å². The van der Waals surface area contributed by atoms with Crippen molar-refractivity contribution in [2.75, 3.05) is 12.4 Å². The first kappa shape index (κ1) is 24.7. The standard InChI is InChI=1S/C25H23ClFN3O4/c1-15-10-19(11-16(2)23(15)26)34-14-18-12-17(8-9-22(18)33-3)13-28-30-25(32)24(31)29-21-7-5-4-6-20(21)27/h4-13H,14H2,1-3H3,(H,29,31)(H,30,32)/b28-13+. The number of hydrogen-bond acceptors (Lipinski definition) is 5. The van der Waals surface area contributed by atoms with E-state index in [0.717, 1.165) is 16.7 Å². The molecule has 0 heterocycles. The smallest absolute Gasteiger partial charge is 0.329 e. The van der Waals surface area contributed by atoms with Crippen LogP contribution in [0, 0.1) is 19.7 Å². The first-order valence-corrected chi connectivity index (χ1v) is 10.6. The van der Waals surface area contributed by atoms with Crippen molar-refractivity contribution in [2.45, 2.75) is 20.5 Å². The van der Waals surface area contributed by atoms with E-state index in [2.05, 4.69) is 15.8 Å². The van der Waals surface area contributed by atoms with Gasteiger partial charge < -0.3 is 14.8 Å². The summed E-state index contributed by atoms with van der Waals surface area (Å²) in [5, 5.41) is 6.69. The second-order valence-electron chi connectivity index (χ2n) is 7.36. The Balaban J connectivity index is 1.63. The van der Waals surface area contributed by atoms with Crippen LogP contribution in [-0.4, -0.2) is 25.1 Å². The summed E-state index contributed by atoms with van der Waals surface area (Å²) >= 11 is 6.21. The van der Waals surface area contributed by atoms with Gasteiger partial charge in [0.05, 0.1) is 19.0 Å². The number of methoxy groups -OCH3 is 1. The van der Waals surface area contributed by atoms with E-state index >= 15 is 0 Å². The van der Waals surface area contributed by atoms with Crippen molar-refractivity contribution in [3.63, 3.8) is 0 Å². The molecule has 0 radical (unpaired) electrons. The summed E-state index contributed by atoms with van der Waals surface area (Å²) < 4.78 is 24.9. The number of halogens is 2. The Bertz CT molecular complexity index is 1220. The topological polar surface area (TPSA) is 89.0 Å². The largest absolute Gasteiger partial charge is 0.496 e. The highest BCUT2D eigenvalue weighted by Crippen LogP contribution is 2.27. The van der Waals surface area contributed by atoms with Crippen molar-refractivity contribution >= 4 is 35.3 Å². The van der Waals surface area contributed by atoms with Gasteiger partial charge in [-0.25, -0.2) is 9.82 Å². The minimum Gasteiger partial charge on any atom is -0.496 e. The summed E-state index contributed by atoms with van der Waals surface area (Å²) in [4.78, 5) is 23.9. The number of carbonyl (C=O) groups is 2. The molecule has 0 aliphatic rings. The van der Waals surface area contributed by atoms with Crippen LogP contribution in [0.15, 0.2) is 59.7 Å². The van der Waals surface area contributed by atoms with Crippen molar-refractivity contribution in [3.8, 4) is 11.5 Å². The zero-order chi connectivity index (χ0) is 24.7. The molecular formula is C25H23ClFN3O4. The van der Waals surface area contributed by atoms with Crippen LogP contribution in [0.4, 0.5) is 10.1 Å². The third kappa shape index (κ3) is 6.32. The lowest BCUT2D eigenvalue weighted by Crippen LogP contribution is -2.32. The fourth-order valence-corrected chi connectivity index (χ4v) is 3.21. The van der Waals surface area contributed by atoms with E-state index in [0.29, 0.717) is 22.1 Å². The fraction of sp³-hybridized carbons (Fsp3) is 0.160. The summed E-state index contributed by atoms with van der Waals surface area (Å²) in [6.45, 7) is 4.04. The first-order chi connectivity index (χ1) is 16.3. The van der Waals surface area contributed by atoms with E-state index in [1.54, 1.807) is 25.3 Å². The highest BCUT2D eigenvalue weighted by molar-refractivity contribution is 6.39. The Labute approximate surface area is 201 Å². The number of nitrogens with one attached hydrogen (secondary N) is 2. The second-order valence-corrected chi connectivity index (χ2v) is 7.74. The normalized spacial score (nSPS) is 10.7. The van der Waals surface area contributed by atoms with Crippen LogP contribution in [-0.2, 0) is 16.2 Å². The lowest BCUT2D eigenvalue weighted by atomic mass is 10.1. The molecule has 2 amide bonds. The van der Waals surface area contributed by atoms with Gasteiger partial charge >= 0.3 is 11.8 Å². The number of para-hydroxylation sites is 1. The average molecular weight is 484 g/mol. The van der Waals surface area contributed by atoms with Gasteiger partial charge in [-0.15, -0.1) is 0 Å². The molecule has 2 N–H and O–H groups in total. The third-order valence-electron chi connectivity index (χ3n) is 4.82. The Morgan fingerprint density at radius 3 is 2.44 bits per heavy atom. The molecule has 0 aliphatic heterocycles. The Morgan fingerprint density at radius 1 is 1.06 bits per heavy atom.